The van der Waals surface area contributed by atoms with E-state index in [1.807, 2.05) is 0 Å². The maximum absolute atomic E-state index is 2.85. The number of para-hydroxylation sites is 2. The molecule has 3 heterocycles. The van der Waals surface area contributed by atoms with Crippen LogP contribution in [0.15, 0.2) is 297 Å². The van der Waals surface area contributed by atoms with Crippen LogP contribution < -0.4 is 20.7 Å². The lowest BCUT2D eigenvalue weighted by Gasteiger charge is -2.34. The van der Waals surface area contributed by atoms with Crippen molar-refractivity contribution >= 4 is 94.2 Å². The third-order valence-electron chi connectivity index (χ3n) is 16.0. The van der Waals surface area contributed by atoms with Crippen molar-refractivity contribution in [3.63, 3.8) is 0 Å². The highest BCUT2D eigenvalue weighted by Gasteiger charge is 2.41. The van der Waals surface area contributed by atoms with Crippen LogP contribution in [-0.4, -0.2) is 21.8 Å². The van der Waals surface area contributed by atoms with E-state index in [0.29, 0.717) is 0 Å². The minimum atomic E-state index is -2.85. The molecule has 0 aliphatic rings. The summed E-state index contributed by atoms with van der Waals surface area (Å²) in [6.07, 6.45) is 0. The summed E-state index contributed by atoms with van der Waals surface area (Å²) < 4.78 is 7.44. The minimum absolute atomic E-state index is 1.12. The fraction of sp³-hybridized carbons (Fsp3) is 0. The van der Waals surface area contributed by atoms with Crippen LogP contribution in [0.25, 0.3) is 105 Å². The predicted molar refractivity (Wildman–Crippen MR) is 324 cm³/mol. The molecule has 0 atom stereocenters. The van der Waals surface area contributed by atoms with Gasteiger partial charge in [0, 0.05) is 49.4 Å². The van der Waals surface area contributed by atoms with Gasteiger partial charge < -0.3 is 13.7 Å². The summed E-state index contributed by atoms with van der Waals surface area (Å²) in [5, 5.41) is 12.7. The highest BCUT2D eigenvalue weighted by atomic mass is 28.3. The number of hydrogen-bond donors (Lipinski definition) is 0. The van der Waals surface area contributed by atoms with Gasteiger partial charge in [-0.1, -0.05) is 212 Å². The summed E-state index contributed by atoms with van der Waals surface area (Å²) in [4.78, 5) is 0. The van der Waals surface area contributed by atoms with Crippen LogP contribution in [0.1, 0.15) is 0 Å². The number of rotatable bonds is 9. The molecule has 0 aliphatic carbocycles. The van der Waals surface area contributed by atoms with Gasteiger partial charge in [-0.05, 0) is 128 Å². The number of aromatic nitrogens is 3. The first kappa shape index (κ1) is 43.8. The smallest absolute Gasteiger partial charge is 0.179 e. The van der Waals surface area contributed by atoms with E-state index in [1.54, 1.807) is 0 Å². The third kappa shape index (κ3) is 6.81. The number of nitrogens with zero attached hydrogens (tertiary/aromatic N) is 3. The zero-order valence-corrected chi connectivity index (χ0v) is 42.6. The van der Waals surface area contributed by atoms with Gasteiger partial charge in [0.25, 0.3) is 0 Å². The Morgan fingerprint density at radius 3 is 0.921 bits per heavy atom. The van der Waals surface area contributed by atoms with Gasteiger partial charge in [0.15, 0.2) is 8.07 Å². The van der Waals surface area contributed by atoms with Gasteiger partial charge in [-0.2, -0.15) is 0 Å². The molecule has 356 valence electrons. The van der Waals surface area contributed by atoms with E-state index in [4.69, 9.17) is 0 Å². The zero-order valence-electron chi connectivity index (χ0n) is 41.6. The minimum Gasteiger partial charge on any atom is -0.309 e. The maximum Gasteiger partial charge on any atom is 0.179 e. The Kier molecular flexibility index (Phi) is 10.2. The van der Waals surface area contributed by atoms with Crippen molar-refractivity contribution in [1.29, 1.82) is 0 Å². The molecule has 0 aliphatic heterocycles. The van der Waals surface area contributed by atoms with E-state index in [9.17, 15) is 0 Å². The molecule has 0 saturated heterocycles. The molecule has 12 aromatic carbocycles. The molecule has 76 heavy (non-hydrogen) atoms. The Morgan fingerprint density at radius 1 is 0.184 bits per heavy atom. The van der Waals surface area contributed by atoms with Crippen LogP contribution in [0.2, 0.25) is 0 Å². The Balaban J connectivity index is 1.00. The van der Waals surface area contributed by atoms with Gasteiger partial charge in [0.1, 0.15) is 0 Å². The fourth-order valence-electron chi connectivity index (χ4n) is 12.6. The van der Waals surface area contributed by atoms with Crippen molar-refractivity contribution in [2.75, 3.05) is 0 Å². The van der Waals surface area contributed by atoms with Crippen molar-refractivity contribution in [3.05, 3.63) is 297 Å². The molecule has 0 amide bonds. The molecule has 0 fully saturated rings. The van der Waals surface area contributed by atoms with E-state index >= 15 is 0 Å². The van der Waals surface area contributed by atoms with E-state index in [0.717, 1.165) is 28.1 Å². The van der Waals surface area contributed by atoms with Gasteiger partial charge in [-0.3, -0.25) is 0 Å². The molecule has 0 saturated carbocycles. The Labute approximate surface area is 442 Å². The van der Waals surface area contributed by atoms with E-state index < -0.39 is 8.07 Å². The Morgan fingerprint density at radius 2 is 0.500 bits per heavy atom. The first-order chi connectivity index (χ1) is 37.7. The highest BCUT2D eigenvalue weighted by Crippen LogP contribution is 2.41. The topological polar surface area (TPSA) is 14.8 Å². The first-order valence-electron chi connectivity index (χ1n) is 26.2. The Hall–Kier alpha value is -9.74. The van der Waals surface area contributed by atoms with Crippen LogP contribution in [0.3, 0.4) is 0 Å². The summed E-state index contributed by atoms with van der Waals surface area (Å²) in [6.45, 7) is 0. The molecule has 0 spiro atoms. The molecule has 0 unspecified atom stereocenters. The largest absolute Gasteiger partial charge is 0.309 e. The normalized spacial score (nSPS) is 11.9. The molecule has 3 nitrogen and oxygen atoms in total. The van der Waals surface area contributed by atoms with E-state index in [1.165, 1.54) is 97.4 Å². The van der Waals surface area contributed by atoms with Gasteiger partial charge >= 0.3 is 0 Å². The lowest BCUT2D eigenvalue weighted by atomic mass is 10.0. The standard InChI is InChI=1S/C72H49N3Si/c1-6-21-50(22-7-1)52-37-41-69-63(45-52)64-46-53(51-23-8-2-9-24-51)38-42-70(64)75(69)56-40-44-72-66(49-56)65-48-55(74-67-35-18-16-33-61(67)62-34-17-19-36-68(62)74)39-43-71(65)73(72)54-25-20-32-60(47-54)76(57-26-10-3-11-27-57,58-28-12-4-13-29-58)59-30-14-5-15-31-59/h1-49H. The Bertz CT molecular complexity index is 4420. The number of benzene rings is 12. The van der Waals surface area contributed by atoms with E-state index in [-0.39, 0.29) is 0 Å². The number of fused-ring (bicyclic) bond motifs is 9. The summed E-state index contributed by atoms with van der Waals surface area (Å²) in [7, 11) is -2.85. The van der Waals surface area contributed by atoms with Crippen LogP contribution in [0.5, 0.6) is 0 Å². The summed E-state index contributed by atoms with van der Waals surface area (Å²) in [5.41, 5.74) is 15.2. The molecular formula is C72H49N3Si. The third-order valence-corrected chi connectivity index (χ3v) is 20.7. The van der Waals surface area contributed by atoms with Gasteiger partial charge in [-0.15, -0.1) is 0 Å². The van der Waals surface area contributed by atoms with Crippen molar-refractivity contribution in [2.45, 2.75) is 0 Å². The van der Waals surface area contributed by atoms with Crippen LogP contribution in [0.4, 0.5) is 0 Å². The SMILES string of the molecule is c1ccc(-c2ccc3c(c2)c2cc(-c4ccccc4)ccc2n3-c2ccc3c(c2)c2cc(-n4c5ccccc5c5ccccc54)ccc2n3-c2cccc([Si](c3ccccc3)(c3ccccc3)c3ccccc3)c2)cc1. The van der Waals surface area contributed by atoms with E-state index in [2.05, 4.69) is 311 Å². The summed E-state index contributed by atoms with van der Waals surface area (Å²) in [6, 6.07) is 110. The lowest BCUT2D eigenvalue weighted by molar-refractivity contribution is 1.16. The van der Waals surface area contributed by atoms with Gasteiger partial charge in [0.05, 0.1) is 33.1 Å². The quantitative estimate of drug-likeness (QED) is 0.101. The van der Waals surface area contributed by atoms with Gasteiger partial charge in [0.2, 0.25) is 0 Å². The molecule has 3 aromatic heterocycles. The monoisotopic (exact) mass is 983 g/mol. The van der Waals surface area contributed by atoms with Crippen LogP contribution in [-0.2, 0) is 0 Å². The van der Waals surface area contributed by atoms with Crippen molar-refractivity contribution in [2.24, 2.45) is 0 Å². The molecule has 0 radical (unpaired) electrons. The van der Waals surface area contributed by atoms with Gasteiger partial charge in [-0.25, -0.2) is 0 Å². The molecule has 15 aromatic rings. The fourth-order valence-corrected chi connectivity index (χ4v) is 17.4. The molecule has 15 rings (SSSR count). The first-order valence-corrected chi connectivity index (χ1v) is 28.2. The van der Waals surface area contributed by atoms with Crippen LogP contribution in [0, 0.1) is 0 Å². The summed E-state index contributed by atoms with van der Waals surface area (Å²) in [5.74, 6) is 0. The molecular weight excluding hydrogens is 935 g/mol. The predicted octanol–water partition coefficient (Wildman–Crippen LogP) is 15.7. The van der Waals surface area contributed by atoms with Crippen LogP contribution >= 0.6 is 0 Å². The second-order valence-corrected chi connectivity index (χ2v) is 23.8. The molecule has 4 heteroatoms. The van der Waals surface area contributed by atoms with Crippen molar-refractivity contribution in [3.8, 4) is 39.3 Å². The zero-order chi connectivity index (χ0) is 50.2. The highest BCUT2D eigenvalue weighted by molar-refractivity contribution is 7.19. The van der Waals surface area contributed by atoms with Crippen molar-refractivity contribution < 1.29 is 0 Å². The second-order valence-electron chi connectivity index (χ2n) is 20.0. The second kappa shape index (κ2) is 17.7. The molecule has 0 N–H and O–H groups in total. The average molecular weight is 984 g/mol. The average Bonchev–Trinajstić information content (AvgIpc) is 4.16. The number of hydrogen-bond acceptors (Lipinski definition) is 0. The molecule has 0 bridgehead atoms. The lowest BCUT2D eigenvalue weighted by Crippen LogP contribution is -2.74. The van der Waals surface area contributed by atoms with Crippen molar-refractivity contribution in [1.82, 2.24) is 13.7 Å². The maximum atomic E-state index is 2.51. The summed E-state index contributed by atoms with van der Waals surface area (Å²) >= 11 is 0.